The van der Waals surface area contributed by atoms with Gasteiger partial charge in [-0.2, -0.15) is 0 Å². The van der Waals surface area contributed by atoms with Crippen molar-refractivity contribution in [1.29, 1.82) is 0 Å². The molecule has 0 radical (unpaired) electrons. The average molecular weight is 352 g/mol. The van der Waals surface area contributed by atoms with Gasteiger partial charge < -0.3 is 15.0 Å². The highest BCUT2D eigenvalue weighted by Gasteiger charge is 2.25. The van der Waals surface area contributed by atoms with Crippen LogP contribution in [0.1, 0.15) is 28.5 Å². The van der Waals surface area contributed by atoms with Crippen molar-refractivity contribution in [1.82, 2.24) is 15.2 Å². The first-order valence-corrected chi connectivity index (χ1v) is 9.21. The number of morpholine rings is 1. The molecule has 1 atom stereocenters. The zero-order valence-corrected chi connectivity index (χ0v) is 15.9. The summed E-state index contributed by atoms with van der Waals surface area (Å²) < 4.78 is 6.05. The summed E-state index contributed by atoms with van der Waals surface area (Å²) in [7, 11) is 1.84. The quantitative estimate of drug-likeness (QED) is 0.679. The Morgan fingerprint density at radius 2 is 2.19 bits per heavy atom. The molecule has 1 aromatic heterocycles. The number of aliphatic imine (C=N–C) groups is 1. The standard InChI is InChI=1S/C21H28N4O/c1-16-7-8-19(17(2)14-16)20-15-25(12-13-26-20)21(22-3)24-11-9-18-6-4-5-10-23-18/h4-8,10,14,20H,9,11-13,15H2,1-3H3,(H,22,24). The van der Waals surface area contributed by atoms with Gasteiger partial charge >= 0.3 is 0 Å². The number of hydrogen-bond acceptors (Lipinski definition) is 3. The van der Waals surface area contributed by atoms with Crippen LogP contribution in [-0.2, 0) is 11.2 Å². The van der Waals surface area contributed by atoms with Crippen molar-refractivity contribution in [2.24, 2.45) is 4.99 Å². The molecule has 0 amide bonds. The Balaban J connectivity index is 1.60. The van der Waals surface area contributed by atoms with Gasteiger partial charge in [-0.3, -0.25) is 9.98 Å². The lowest BCUT2D eigenvalue weighted by molar-refractivity contribution is -0.00830. The van der Waals surface area contributed by atoms with Gasteiger partial charge in [-0.25, -0.2) is 0 Å². The van der Waals surface area contributed by atoms with Crippen molar-refractivity contribution in [3.8, 4) is 0 Å². The van der Waals surface area contributed by atoms with Crippen LogP contribution < -0.4 is 5.32 Å². The van der Waals surface area contributed by atoms with Crippen LogP contribution in [0.2, 0.25) is 0 Å². The highest BCUT2D eigenvalue weighted by atomic mass is 16.5. The lowest BCUT2D eigenvalue weighted by Gasteiger charge is -2.35. The smallest absolute Gasteiger partial charge is 0.193 e. The van der Waals surface area contributed by atoms with Gasteiger partial charge in [-0.1, -0.05) is 29.8 Å². The van der Waals surface area contributed by atoms with E-state index in [2.05, 4.69) is 58.3 Å². The Kier molecular flexibility index (Phi) is 6.23. The third-order valence-corrected chi connectivity index (χ3v) is 4.74. The molecule has 0 aliphatic carbocycles. The van der Waals surface area contributed by atoms with Gasteiger partial charge in [0.1, 0.15) is 6.10 Å². The number of guanidine groups is 1. The van der Waals surface area contributed by atoms with Crippen LogP contribution in [0.25, 0.3) is 0 Å². The Labute approximate surface area is 156 Å². The molecular weight excluding hydrogens is 324 g/mol. The highest BCUT2D eigenvalue weighted by Crippen LogP contribution is 2.25. The molecule has 2 heterocycles. The van der Waals surface area contributed by atoms with Crippen molar-refractivity contribution in [2.75, 3.05) is 33.3 Å². The predicted octanol–water partition coefficient (Wildman–Crippen LogP) is 2.89. The summed E-state index contributed by atoms with van der Waals surface area (Å²) in [6.45, 7) is 7.47. The first-order chi connectivity index (χ1) is 12.7. The van der Waals surface area contributed by atoms with Gasteiger partial charge in [0.05, 0.1) is 13.2 Å². The van der Waals surface area contributed by atoms with Crippen LogP contribution >= 0.6 is 0 Å². The number of aryl methyl sites for hydroxylation is 2. The van der Waals surface area contributed by atoms with E-state index < -0.39 is 0 Å². The minimum atomic E-state index is 0.0821. The van der Waals surface area contributed by atoms with Gasteiger partial charge in [0, 0.05) is 38.4 Å². The second kappa shape index (κ2) is 8.81. The van der Waals surface area contributed by atoms with Crippen molar-refractivity contribution in [2.45, 2.75) is 26.4 Å². The molecule has 3 rings (SSSR count). The first kappa shape index (κ1) is 18.4. The van der Waals surface area contributed by atoms with E-state index in [9.17, 15) is 0 Å². The number of hydrogen-bond donors (Lipinski definition) is 1. The molecule has 0 bridgehead atoms. The SMILES string of the molecule is CN=C(NCCc1ccccn1)N1CCOC(c2ccc(C)cc2C)C1. The summed E-state index contributed by atoms with van der Waals surface area (Å²) in [6.07, 6.45) is 2.80. The minimum absolute atomic E-state index is 0.0821. The van der Waals surface area contributed by atoms with E-state index >= 15 is 0 Å². The van der Waals surface area contributed by atoms with Gasteiger partial charge in [0.2, 0.25) is 0 Å². The number of ether oxygens (including phenoxy) is 1. The normalized spacial score (nSPS) is 18.0. The molecule has 1 N–H and O–H groups in total. The molecule has 5 heteroatoms. The molecule has 1 unspecified atom stereocenters. The predicted molar refractivity (Wildman–Crippen MR) is 105 cm³/mol. The molecule has 0 saturated carbocycles. The number of nitrogens with zero attached hydrogens (tertiary/aromatic N) is 3. The maximum atomic E-state index is 6.05. The van der Waals surface area contributed by atoms with Crippen LogP contribution in [0.3, 0.4) is 0 Å². The summed E-state index contributed by atoms with van der Waals surface area (Å²) in [4.78, 5) is 11.1. The van der Waals surface area contributed by atoms with Crippen LogP contribution in [-0.4, -0.2) is 49.1 Å². The van der Waals surface area contributed by atoms with Crippen LogP contribution in [0, 0.1) is 13.8 Å². The maximum Gasteiger partial charge on any atom is 0.193 e. The van der Waals surface area contributed by atoms with E-state index in [4.69, 9.17) is 4.74 Å². The van der Waals surface area contributed by atoms with Crippen LogP contribution in [0.4, 0.5) is 0 Å². The Hall–Kier alpha value is -2.40. The fourth-order valence-electron chi connectivity index (χ4n) is 3.40. The fraction of sp³-hybridized carbons (Fsp3) is 0.429. The molecule has 1 saturated heterocycles. The van der Waals surface area contributed by atoms with Crippen molar-refractivity contribution < 1.29 is 4.74 Å². The zero-order chi connectivity index (χ0) is 18.4. The zero-order valence-electron chi connectivity index (χ0n) is 15.9. The molecule has 1 aromatic carbocycles. The van der Waals surface area contributed by atoms with Gasteiger partial charge in [0.25, 0.3) is 0 Å². The van der Waals surface area contributed by atoms with Gasteiger partial charge in [-0.15, -0.1) is 0 Å². The highest BCUT2D eigenvalue weighted by molar-refractivity contribution is 5.80. The van der Waals surface area contributed by atoms with Crippen LogP contribution in [0.15, 0.2) is 47.6 Å². The van der Waals surface area contributed by atoms with Gasteiger partial charge in [0.15, 0.2) is 5.96 Å². The summed E-state index contributed by atoms with van der Waals surface area (Å²) in [5.74, 6) is 0.930. The number of pyridine rings is 1. The molecule has 5 nitrogen and oxygen atoms in total. The maximum absolute atomic E-state index is 6.05. The Bertz CT molecular complexity index is 745. The lowest BCUT2D eigenvalue weighted by Crippen LogP contribution is -2.48. The number of aromatic nitrogens is 1. The summed E-state index contributed by atoms with van der Waals surface area (Å²) in [5.41, 5.74) is 4.93. The number of nitrogens with one attached hydrogen (secondary N) is 1. The van der Waals surface area contributed by atoms with E-state index in [1.165, 1.54) is 16.7 Å². The molecule has 138 valence electrons. The molecule has 26 heavy (non-hydrogen) atoms. The van der Waals surface area contributed by atoms with Crippen molar-refractivity contribution in [3.63, 3.8) is 0 Å². The van der Waals surface area contributed by atoms with E-state index in [0.717, 1.165) is 37.7 Å². The van der Waals surface area contributed by atoms with E-state index in [1.54, 1.807) is 0 Å². The second-order valence-electron chi connectivity index (χ2n) is 6.71. The molecule has 0 spiro atoms. The topological polar surface area (TPSA) is 49.8 Å². The largest absolute Gasteiger partial charge is 0.370 e. The summed E-state index contributed by atoms with van der Waals surface area (Å²) in [6, 6.07) is 12.6. The summed E-state index contributed by atoms with van der Waals surface area (Å²) in [5, 5.41) is 3.46. The van der Waals surface area contributed by atoms with Gasteiger partial charge in [-0.05, 0) is 37.1 Å². The molecule has 2 aromatic rings. The van der Waals surface area contributed by atoms with Crippen molar-refractivity contribution in [3.05, 3.63) is 65.0 Å². The Morgan fingerprint density at radius 3 is 2.92 bits per heavy atom. The molecule has 1 fully saturated rings. The van der Waals surface area contributed by atoms with E-state index in [0.29, 0.717) is 6.61 Å². The fourth-order valence-corrected chi connectivity index (χ4v) is 3.40. The average Bonchev–Trinajstić information content (AvgIpc) is 2.66. The first-order valence-electron chi connectivity index (χ1n) is 9.21. The van der Waals surface area contributed by atoms with E-state index in [1.807, 2.05) is 25.4 Å². The molecular formula is C21H28N4O. The third-order valence-electron chi connectivity index (χ3n) is 4.74. The molecule has 1 aliphatic rings. The lowest BCUT2D eigenvalue weighted by atomic mass is 10.00. The monoisotopic (exact) mass is 352 g/mol. The Morgan fingerprint density at radius 1 is 1.31 bits per heavy atom. The number of rotatable bonds is 4. The molecule has 1 aliphatic heterocycles. The third kappa shape index (κ3) is 4.61. The van der Waals surface area contributed by atoms with E-state index in [-0.39, 0.29) is 6.10 Å². The van der Waals surface area contributed by atoms with Crippen molar-refractivity contribution >= 4 is 5.96 Å². The van der Waals surface area contributed by atoms with Crippen LogP contribution in [0.5, 0.6) is 0 Å². The number of benzene rings is 1. The second-order valence-corrected chi connectivity index (χ2v) is 6.71. The minimum Gasteiger partial charge on any atom is -0.370 e. The summed E-state index contributed by atoms with van der Waals surface area (Å²) >= 11 is 0.